The summed E-state index contributed by atoms with van der Waals surface area (Å²) >= 11 is 5.85. The zero-order valence-corrected chi connectivity index (χ0v) is 11.5. The lowest BCUT2D eigenvalue weighted by Crippen LogP contribution is -2.03. The van der Waals surface area contributed by atoms with Gasteiger partial charge in [0.25, 0.3) is 0 Å². The maximum absolute atomic E-state index is 11.1. The number of halogens is 1. The minimum atomic E-state index is -0.263. The van der Waals surface area contributed by atoms with E-state index < -0.39 is 0 Å². The molecule has 0 saturated heterocycles. The molecule has 0 aliphatic carbocycles. The largest absolute Gasteiger partial charge is 0.469 e. The van der Waals surface area contributed by atoms with E-state index in [1.165, 1.54) is 7.11 Å². The van der Waals surface area contributed by atoms with E-state index in [4.69, 9.17) is 11.6 Å². The second-order valence-corrected chi connectivity index (χ2v) is 4.49. The first-order chi connectivity index (χ1) is 9.10. The number of aryl methyl sites for hydroxylation is 2. The molecule has 0 N–H and O–H groups in total. The van der Waals surface area contributed by atoms with Gasteiger partial charge in [-0.2, -0.15) is 5.10 Å². The Labute approximate surface area is 116 Å². The second-order valence-electron chi connectivity index (χ2n) is 4.06. The second kappa shape index (κ2) is 5.84. The molecule has 6 heteroatoms. The Hall–Kier alpha value is -1.88. The van der Waals surface area contributed by atoms with Crippen molar-refractivity contribution in [2.24, 2.45) is 7.05 Å². The zero-order chi connectivity index (χ0) is 13.8. The standard InChI is InChI=1S/C13H14ClN3O2/c1-17-13(9-3-5-10(14)6-4-9)15-11(16-17)7-8-12(18)19-2/h3-6H,7-8H2,1-2H3. The summed E-state index contributed by atoms with van der Waals surface area (Å²) in [5.41, 5.74) is 0.934. The van der Waals surface area contributed by atoms with Crippen molar-refractivity contribution in [3.63, 3.8) is 0 Å². The summed E-state index contributed by atoms with van der Waals surface area (Å²) in [5, 5.41) is 4.96. The number of methoxy groups -OCH3 is 1. The van der Waals surface area contributed by atoms with Gasteiger partial charge in [-0.05, 0) is 24.3 Å². The monoisotopic (exact) mass is 279 g/mol. The van der Waals surface area contributed by atoms with Gasteiger partial charge in [0.1, 0.15) is 0 Å². The molecular weight excluding hydrogens is 266 g/mol. The van der Waals surface area contributed by atoms with Crippen molar-refractivity contribution in [3.8, 4) is 11.4 Å². The lowest BCUT2D eigenvalue weighted by Gasteiger charge is -1.99. The highest BCUT2D eigenvalue weighted by Crippen LogP contribution is 2.19. The SMILES string of the molecule is COC(=O)CCc1nc(-c2ccc(Cl)cc2)n(C)n1. The molecule has 0 amide bonds. The number of aromatic nitrogens is 3. The average Bonchev–Trinajstić information content (AvgIpc) is 2.78. The van der Waals surface area contributed by atoms with E-state index in [-0.39, 0.29) is 12.4 Å². The topological polar surface area (TPSA) is 57.0 Å². The molecule has 100 valence electrons. The molecule has 1 aromatic carbocycles. The third-order valence-corrected chi connectivity index (χ3v) is 2.94. The van der Waals surface area contributed by atoms with Crippen LogP contribution in [-0.4, -0.2) is 27.8 Å². The predicted molar refractivity (Wildman–Crippen MR) is 71.8 cm³/mol. The molecule has 0 bridgehead atoms. The third kappa shape index (κ3) is 3.32. The number of carbonyl (C=O) groups excluding carboxylic acids is 1. The average molecular weight is 280 g/mol. The van der Waals surface area contributed by atoms with Crippen molar-refractivity contribution in [3.05, 3.63) is 35.1 Å². The molecule has 5 nitrogen and oxygen atoms in total. The van der Waals surface area contributed by atoms with E-state index >= 15 is 0 Å². The fraction of sp³-hybridized carbons (Fsp3) is 0.308. The number of rotatable bonds is 4. The molecule has 0 radical (unpaired) electrons. The molecule has 0 aliphatic heterocycles. The van der Waals surface area contributed by atoms with E-state index in [1.807, 2.05) is 19.2 Å². The minimum Gasteiger partial charge on any atom is -0.469 e. The highest BCUT2D eigenvalue weighted by atomic mass is 35.5. The van der Waals surface area contributed by atoms with Gasteiger partial charge >= 0.3 is 5.97 Å². The number of hydrogen-bond donors (Lipinski definition) is 0. The van der Waals surface area contributed by atoms with Crippen LogP contribution in [-0.2, 0) is 23.0 Å². The lowest BCUT2D eigenvalue weighted by atomic mass is 10.2. The number of benzene rings is 1. The van der Waals surface area contributed by atoms with Crippen LogP contribution in [0.5, 0.6) is 0 Å². The van der Waals surface area contributed by atoms with Crippen LogP contribution in [0.3, 0.4) is 0 Å². The first kappa shape index (κ1) is 13.5. The van der Waals surface area contributed by atoms with Gasteiger partial charge in [0.2, 0.25) is 0 Å². The van der Waals surface area contributed by atoms with E-state index in [0.717, 1.165) is 11.4 Å². The van der Waals surface area contributed by atoms with Gasteiger partial charge < -0.3 is 4.74 Å². The Balaban J connectivity index is 2.16. The summed E-state index contributed by atoms with van der Waals surface area (Å²) in [6, 6.07) is 7.38. The maximum atomic E-state index is 11.1. The summed E-state index contributed by atoms with van der Waals surface area (Å²) in [4.78, 5) is 15.5. The van der Waals surface area contributed by atoms with Gasteiger partial charge in [-0.1, -0.05) is 11.6 Å². The first-order valence-electron chi connectivity index (χ1n) is 5.83. The van der Waals surface area contributed by atoms with Crippen molar-refractivity contribution in [1.82, 2.24) is 14.8 Å². The van der Waals surface area contributed by atoms with Gasteiger partial charge in [0.15, 0.2) is 11.6 Å². The Morgan fingerprint density at radius 2 is 2.05 bits per heavy atom. The molecular formula is C13H14ClN3O2. The first-order valence-corrected chi connectivity index (χ1v) is 6.20. The molecule has 19 heavy (non-hydrogen) atoms. The van der Waals surface area contributed by atoms with Crippen LogP contribution in [0.15, 0.2) is 24.3 Å². The number of carbonyl (C=O) groups is 1. The summed E-state index contributed by atoms with van der Waals surface area (Å²) in [6.07, 6.45) is 0.745. The molecule has 0 aliphatic rings. The summed E-state index contributed by atoms with van der Waals surface area (Å²) in [7, 11) is 3.19. The Bertz CT molecular complexity index is 578. The van der Waals surface area contributed by atoms with Gasteiger partial charge in [0.05, 0.1) is 13.5 Å². The van der Waals surface area contributed by atoms with Gasteiger partial charge in [0, 0.05) is 24.1 Å². The van der Waals surface area contributed by atoms with Crippen LogP contribution < -0.4 is 0 Å². The van der Waals surface area contributed by atoms with Crippen LogP contribution >= 0.6 is 11.6 Å². The molecule has 2 rings (SSSR count). The smallest absolute Gasteiger partial charge is 0.305 e. The van der Waals surface area contributed by atoms with Crippen molar-refractivity contribution >= 4 is 17.6 Å². The normalized spacial score (nSPS) is 10.5. The zero-order valence-electron chi connectivity index (χ0n) is 10.8. The van der Waals surface area contributed by atoms with Crippen molar-refractivity contribution in [2.75, 3.05) is 7.11 Å². The molecule has 0 unspecified atom stereocenters. The van der Waals surface area contributed by atoms with Gasteiger partial charge in [-0.15, -0.1) is 0 Å². The predicted octanol–water partition coefficient (Wildman–Crippen LogP) is 2.24. The van der Waals surface area contributed by atoms with Crippen molar-refractivity contribution in [1.29, 1.82) is 0 Å². The minimum absolute atomic E-state index is 0.263. The number of ether oxygens (including phenoxy) is 1. The van der Waals surface area contributed by atoms with Crippen molar-refractivity contribution < 1.29 is 9.53 Å². The fourth-order valence-electron chi connectivity index (χ4n) is 1.71. The Morgan fingerprint density at radius 3 is 2.68 bits per heavy atom. The highest BCUT2D eigenvalue weighted by Gasteiger charge is 2.11. The highest BCUT2D eigenvalue weighted by molar-refractivity contribution is 6.30. The summed E-state index contributed by atoms with van der Waals surface area (Å²) in [5.74, 6) is 1.11. The fourth-order valence-corrected chi connectivity index (χ4v) is 1.84. The Morgan fingerprint density at radius 1 is 1.37 bits per heavy atom. The van der Waals surface area contributed by atoms with Gasteiger partial charge in [-0.25, -0.2) is 9.67 Å². The quantitative estimate of drug-likeness (QED) is 0.806. The summed E-state index contributed by atoms with van der Waals surface area (Å²) in [6.45, 7) is 0. The molecule has 1 heterocycles. The number of hydrogen-bond acceptors (Lipinski definition) is 4. The van der Waals surface area contributed by atoms with E-state index in [2.05, 4.69) is 14.8 Å². The molecule has 1 aromatic heterocycles. The summed E-state index contributed by atoms with van der Waals surface area (Å²) < 4.78 is 6.28. The van der Waals surface area contributed by atoms with Crippen LogP contribution in [0.25, 0.3) is 11.4 Å². The molecule has 0 spiro atoms. The molecule has 0 atom stereocenters. The van der Waals surface area contributed by atoms with Crippen LogP contribution in [0.4, 0.5) is 0 Å². The molecule has 0 saturated carbocycles. The van der Waals surface area contributed by atoms with E-state index in [1.54, 1.807) is 16.8 Å². The van der Waals surface area contributed by atoms with Crippen LogP contribution in [0.1, 0.15) is 12.2 Å². The maximum Gasteiger partial charge on any atom is 0.305 e. The lowest BCUT2D eigenvalue weighted by molar-refractivity contribution is -0.140. The van der Waals surface area contributed by atoms with E-state index in [9.17, 15) is 4.79 Å². The number of esters is 1. The molecule has 0 fully saturated rings. The Kier molecular flexibility index (Phi) is 4.16. The van der Waals surface area contributed by atoms with E-state index in [0.29, 0.717) is 17.3 Å². The van der Waals surface area contributed by atoms with Crippen LogP contribution in [0, 0.1) is 0 Å². The third-order valence-electron chi connectivity index (χ3n) is 2.69. The van der Waals surface area contributed by atoms with Gasteiger partial charge in [-0.3, -0.25) is 4.79 Å². The van der Waals surface area contributed by atoms with Crippen LogP contribution in [0.2, 0.25) is 5.02 Å². The molecule has 2 aromatic rings. The number of nitrogens with zero attached hydrogens (tertiary/aromatic N) is 3. The van der Waals surface area contributed by atoms with Crippen molar-refractivity contribution in [2.45, 2.75) is 12.8 Å².